The highest BCUT2D eigenvalue weighted by Crippen LogP contribution is 2.44. The van der Waals surface area contributed by atoms with Gasteiger partial charge in [-0.15, -0.1) is 0 Å². The van der Waals surface area contributed by atoms with Crippen molar-refractivity contribution in [3.05, 3.63) is 76.9 Å². The van der Waals surface area contributed by atoms with Crippen LogP contribution in [0.4, 0.5) is 35.9 Å². The monoisotopic (exact) mass is 757 g/mol. The molecule has 8 rings (SSSR count). The summed E-state index contributed by atoms with van der Waals surface area (Å²) in [7, 11) is 0. The SMILES string of the molecule is [C-]#[N+]c1ccc(NC(=O)C(C)(C)n2cc(N3CCC4(CC3)CN(C3CN(c5ccc6c(c5)C(=O)N(C5CCC(=O)NC5=O)C6=O)C3)C4)cn2)cc1C(F)(F)F. The zero-order valence-electron chi connectivity index (χ0n) is 30.2. The Hall–Kier alpha value is -5.76. The number of benzene rings is 2. The summed E-state index contributed by atoms with van der Waals surface area (Å²) >= 11 is 0. The lowest BCUT2D eigenvalue weighted by Gasteiger charge is -2.60. The number of anilines is 3. The van der Waals surface area contributed by atoms with Crippen LogP contribution < -0.4 is 20.4 Å². The van der Waals surface area contributed by atoms with Gasteiger partial charge in [-0.2, -0.15) is 18.3 Å². The first-order valence-electron chi connectivity index (χ1n) is 18.1. The van der Waals surface area contributed by atoms with Crippen LogP contribution in [0.25, 0.3) is 4.85 Å². The molecule has 3 aromatic rings. The fraction of sp³-hybridized carbons (Fsp3) is 0.447. The summed E-state index contributed by atoms with van der Waals surface area (Å²) in [5, 5.41) is 9.21. The van der Waals surface area contributed by atoms with E-state index in [0.29, 0.717) is 6.04 Å². The molecule has 5 aliphatic heterocycles. The predicted molar refractivity (Wildman–Crippen MR) is 192 cm³/mol. The summed E-state index contributed by atoms with van der Waals surface area (Å²) in [6, 6.07) is 7.66. The van der Waals surface area contributed by atoms with E-state index < -0.39 is 58.5 Å². The molecule has 17 heteroatoms. The highest BCUT2D eigenvalue weighted by molar-refractivity contribution is 6.23. The van der Waals surface area contributed by atoms with Crippen molar-refractivity contribution in [2.75, 3.05) is 54.4 Å². The Morgan fingerprint density at radius 3 is 2.35 bits per heavy atom. The molecule has 14 nitrogen and oxygen atoms in total. The fourth-order valence-corrected chi connectivity index (χ4v) is 8.29. The third-order valence-electron chi connectivity index (χ3n) is 11.8. The number of rotatable bonds is 7. The molecular weight excluding hydrogens is 719 g/mol. The van der Waals surface area contributed by atoms with Crippen molar-refractivity contribution < 1.29 is 37.1 Å². The molecule has 5 aliphatic rings. The van der Waals surface area contributed by atoms with Gasteiger partial charge in [-0.05, 0) is 68.9 Å². The largest absolute Gasteiger partial charge is 0.407 e. The average Bonchev–Trinajstić information content (AvgIpc) is 3.71. The molecule has 0 bridgehead atoms. The second-order valence-electron chi connectivity index (χ2n) is 15.6. The summed E-state index contributed by atoms with van der Waals surface area (Å²) < 4.78 is 41.9. The first kappa shape index (κ1) is 36.2. The number of likely N-dealkylation sites (tertiary alicyclic amines) is 1. The number of nitrogens with one attached hydrogen (secondary N) is 2. The molecule has 5 amide bonds. The number of halogens is 3. The molecule has 55 heavy (non-hydrogen) atoms. The molecule has 2 aromatic carbocycles. The van der Waals surface area contributed by atoms with E-state index in [-0.39, 0.29) is 35.1 Å². The molecule has 286 valence electrons. The Bertz CT molecular complexity index is 2170. The Morgan fingerprint density at radius 2 is 1.67 bits per heavy atom. The van der Waals surface area contributed by atoms with Gasteiger partial charge in [0.05, 0.1) is 35.1 Å². The topological polar surface area (TPSA) is 145 Å². The molecule has 1 aromatic heterocycles. The lowest BCUT2D eigenvalue weighted by Crippen LogP contribution is -2.70. The molecule has 4 saturated heterocycles. The van der Waals surface area contributed by atoms with Crippen LogP contribution in [0.1, 0.15) is 65.8 Å². The Kier molecular flexibility index (Phi) is 8.52. The van der Waals surface area contributed by atoms with Crippen LogP contribution in [0.5, 0.6) is 0 Å². The molecule has 0 radical (unpaired) electrons. The van der Waals surface area contributed by atoms with E-state index in [0.717, 1.165) is 80.5 Å². The first-order valence-corrected chi connectivity index (χ1v) is 18.1. The Balaban J connectivity index is 0.822. The average molecular weight is 758 g/mol. The minimum absolute atomic E-state index is 0.0619. The quantitative estimate of drug-likeness (QED) is 0.270. The Labute approximate surface area is 314 Å². The van der Waals surface area contributed by atoms with Crippen LogP contribution in [0, 0.1) is 12.0 Å². The number of imide groups is 2. The van der Waals surface area contributed by atoms with Crippen molar-refractivity contribution in [3.8, 4) is 0 Å². The van der Waals surface area contributed by atoms with E-state index in [9.17, 15) is 37.1 Å². The number of carbonyl (C=O) groups is 5. The summed E-state index contributed by atoms with van der Waals surface area (Å²) in [6.45, 7) is 15.5. The van der Waals surface area contributed by atoms with Crippen LogP contribution in [0.2, 0.25) is 0 Å². The molecule has 2 N–H and O–H groups in total. The Morgan fingerprint density at radius 1 is 0.964 bits per heavy atom. The summed E-state index contributed by atoms with van der Waals surface area (Å²) in [5.74, 6) is -2.63. The van der Waals surface area contributed by atoms with Crippen molar-refractivity contribution in [2.24, 2.45) is 5.41 Å². The number of alkyl halides is 3. The summed E-state index contributed by atoms with van der Waals surface area (Å²) in [6.07, 6.45) is 0.904. The van der Waals surface area contributed by atoms with Crippen LogP contribution >= 0.6 is 0 Å². The maximum Gasteiger partial charge on any atom is 0.407 e. The van der Waals surface area contributed by atoms with Crippen LogP contribution in [-0.4, -0.2) is 100 Å². The van der Waals surface area contributed by atoms with Gasteiger partial charge in [0, 0.05) is 69.3 Å². The minimum atomic E-state index is -4.73. The molecule has 1 atom stereocenters. The van der Waals surface area contributed by atoms with Gasteiger partial charge in [-0.1, -0.05) is 6.07 Å². The zero-order valence-corrected chi connectivity index (χ0v) is 30.2. The van der Waals surface area contributed by atoms with Crippen LogP contribution in [-0.2, 0) is 26.1 Å². The number of piperidine rings is 2. The van der Waals surface area contributed by atoms with Crippen molar-refractivity contribution >= 4 is 52.3 Å². The molecule has 0 aliphatic carbocycles. The van der Waals surface area contributed by atoms with Crippen molar-refractivity contribution in [1.29, 1.82) is 0 Å². The van der Waals surface area contributed by atoms with Gasteiger partial charge in [0.1, 0.15) is 11.6 Å². The smallest absolute Gasteiger partial charge is 0.369 e. The standard InChI is InChI=1S/C38H38F3N9O5/c1-36(2,35(55)44-22-4-7-29(42-3)28(14-22)38(39,40)41)49-19-24(16-43-49)46-12-10-37(11-13-46)20-48(21-37)25-17-47(18-25)23-5-6-26-27(15-23)34(54)50(33(26)53)30-8-9-31(51)45-32(30)52/h4-7,14-16,19,25,30H,8-13,17-18,20-21H2,1-2H3,(H,44,55)(H,45,51,52). The van der Waals surface area contributed by atoms with Gasteiger partial charge in [-0.25, -0.2) is 4.85 Å². The minimum Gasteiger partial charge on any atom is -0.369 e. The van der Waals surface area contributed by atoms with E-state index >= 15 is 0 Å². The van der Waals surface area contributed by atoms with Gasteiger partial charge in [0.15, 0.2) is 5.69 Å². The summed E-state index contributed by atoms with van der Waals surface area (Å²) in [4.78, 5) is 74.4. The van der Waals surface area contributed by atoms with Crippen LogP contribution in [0.3, 0.4) is 0 Å². The van der Waals surface area contributed by atoms with E-state index in [1.165, 1.54) is 10.7 Å². The normalized spacial score (nSPS) is 21.6. The van der Waals surface area contributed by atoms with E-state index in [1.54, 1.807) is 38.4 Å². The first-order chi connectivity index (χ1) is 26.1. The lowest BCUT2D eigenvalue weighted by molar-refractivity contribution is -0.137. The molecule has 1 unspecified atom stereocenters. The van der Waals surface area contributed by atoms with Gasteiger partial charge < -0.3 is 15.1 Å². The fourth-order valence-electron chi connectivity index (χ4n) is 8.29. The molecule has 0 saturated carbocycles. The predicted octanol–water partition coefficient (Wildman–Crippen LogP) is 4.02. The second kappa shape index (κ2) is 12.9. The van der Waals surface area contributed by atoms with Gasteiger partial charge in [-0.3, -0.25) is 43.8 Å². The maximum absolute atomic E-state index is 13.5. The maximum atomic E-state index is 13.5. The van der Waals surface area contributed by atoms with Crippen LogP contribution in [0.15, 0.2) is 48.8 Å². The number of hydrogen-bond acceptors (Lipinski definition) is 9. The number of carbonyl (C=O) groups excluding carboxylic acids is 5. The van der Waals surface area contributed by atoms with Crippen molar-refractivity contribution in [3.63, 3.8) is 0 Å². The van der Waals surface area contributed by atoms with Gasteiger partial charge in [0.25, 0.3) is 17.7 Å². The van der Waals surface area contributed by atoms with E-state index in [2.05, 4.69) is 35.3 Å². The summed E-state index contributed by atoms with van der Waals surface area (Å²) in [5.41, 5.74) is -0.479. The molecule has 6 heterocycles. The lowest BCUT2D eigenvalue weighted by atomic mass is 9.71. The van der Waals surface area contributed by atoms with E-state index in [4.69, 9.17) is 6.57 Å². The van der Waals surface area contributed by atoms with Gasteiger partial charge >= 0.3 is 6.18 Å². The highest BCUT2D eigenvalue weighted by atomic mass is 19.4. The number of aromatic nitrogens is 2. The molecular formula is C38H38F3N9O5. The second-order valence-corrected chi connectivity index (χ2v) is 15.6. The molecule has 1 spiro atoms. The van der Waals surface area contributed by atoms with Crippen molar-refractivity contribution in [1.82, 2.24) is 24.9 Å². The van der Waals surface area contributed by atoms with Crippen molar-refractivity contribution in [2.45, 2.75) is 63.3 Å². The third kappa shape index (κ3) is 6.27. The van der Waals surface area contributed by atoms with Gasteiger partial charge in [0.2, 0.25) is 11.8 Å². The number of nitrogens with zero attached hydrogens (tertiary/aromatic N) is 7. The number of fused-ring (bicyclic) bond motifs is 1. The number of hydrogen-bond donors (Lipinski definition) is 2. The highest BCUT2D eigenvalue weighted by Gasteiger charge is 2.50. The third-order valence-corrected chi connectivity index (χ3v) is 11.8. The van der Waals surface area contributed by atoms with E-state index in [1.807, 2.05) is 6.07 Å². The zero-order chi connectivity index (χ0) is 39.0. The molecule has 4 fully saturated rings. The number of amides is 5.